The molecule has 0 saturated carbocycles. The lowest BCUT2D eigenvalue weighted by molar-refractivity contribution is -0.146. The molecule has 0 fully saturated rings. The largest absolute Gasteiger partial charge is 0.455 e. The van der Waals surface area contributed by atoms with Gasteiger partial charge in [-0.1, -0.05) is 37.3 Å². The van der Waals surface area contributed by atoms with Crippen LogP contribution in [0.25, 0.3) is 0 Å². The molecule has 2 aromatic rings. The van der Waals surface area contributed by atoms with E-state index in [0.29, 0.717) is 10.6 Å². The molecule has 0 heterocycles. The average molecular weight is 404 g/mol. The number of nitrogens with one attached hydrogen (secondary N) is 2. The highest BCUT2D eigenvalue weighted by atomic mass is 32.2. The zero-order valence-electron chi connectivity index (χ0n) is 15.4. The molecule has 0 radical (unpaired) electrons. The zero-order valence-corrected chi connectivity index (χ0v) is 16.2. The van der Waals surface area contributed by atoms with E-state index in [-0.39, 0.29) is 18.2 Å². The summed E-state index contributed by atoms with van der Waals surface area (Å²) in [5.74, 6) is -2.17. The van der Waals surface area contributed by atoms with E-state index < -0.39 is 24.3 Å². The molecule has 8 heteroatoms. The third kappa shape index (κ3) is 7.03. The fraction of sp³-hybridized carbons (Fsp3) is 0.250. The summed E-state index contributed by atoms with van der Waals surface area (Å²) in [6.45, 7) is 1.24. The predicted molar refractivity (Wildman–Crippen MR) is 106 cm³/mol. The quantitative estimate of drug-likeness (QED) is 0.496. The highest BCUT2D eigenvalue weighted by Gasteiger charge is 2.11. The van der Waals surface area contributed by atoms with Crippen LogP contribution >= 0.6 is 11.8 Å². The van der Waals surface area contributed by atoms with E-state index in [4.69, 9.17) is 4.74 Å². The van der Waals surface area contributed by atoms with Crippen LogP contribution in [0.4, 0.5) is 10.1 Å². The second-order valence-corrected chi connectivity index (χ2v) is 6.73. The monoisotopic (exact) mass is 404 g/mol. The second-order valence-electron chi connectivity index (χ2n) is 5.72. The molecule has 0 spiro atoms. The number of thioether (sulfide) groups is 1. The maximum Gasteiger partial charge on any atom is 0.316 e. The number of amides is 2. The van der Waals surface area contributed by atoms with Gasteiger partial charge in [0.1, 0.15) is 5.82 Å². The SMILES string of the molecule is CCc1ccccc1NC(=O)CNC(=O)COC(=O)CSc1ccccc1F. The van der Waals surface area contributed by atoms with Crippen molar-refractivity contribution in [3.8, 4) is 0 Å². The highest BCUT2D eigenvalue weighted by Crippen LogP contribution is 2.21. The van der Waals surface area contributed by atoms with E-state index in [1.807, 2.05) is 25.1 Å². The molecule has 2 N–H and O–H groups in total. The fourth-order valence-corrected chi connectivity index (χ4v) is 3.00. The van der Waals surface area contributed by atoms with Crippen LogP contribution in [0.5, 0.6) is 0 Å². The van der Waals surface area contributed by atoms with Gasteiger partial charge < -0.3 is 15.4 Å². The van der Waals surface area contributed by atoms with Crippen LogP contribution in [0.2, 0.25) is 0 Å². The molecule has 28 heavy (non-hydrogen) atoms. The summed E-state index contributed by atoms with van der Waals surface area (Å²) in [6, 6.07) is 13.5. The van der Waals surface area contributed by atoms with Gasteiger partial charge in [-0.3, -0.25) is 14.4 Å². The van der Waals surface area contributed by atoms with E-state index in [1.165, 1.54) is 6.07 Å². The molecule has 148 valence electrons. The number of ether oxygens (including phenoxy) is 1. The first kappa shape index (κ1) is 21.4. The van der Waals surface area contributed by atoms with Crippen LogP contribution in [0.3, 0.4) is 0 Å². The van der Waals surface area contributed by atoms with Crippen molar-refractivity contribution in [2.75, 3.05) is 24.2 Å². The van der Waals surface area contributed by atoms with Gasteiger partial charge in [-0.25, -0.2) is 4.39 Å². The van der Waals surface area contributed by atoms with Crippen molar-refractivity contribution >= 4 is 35.2 Å². The minimum absolute atomic E-state index is 0.123. The summed E-state index contributed by atoms with van der Waals surface area (Å²) in [5, 5.41) is 5.11. The number of para-hydroxylation sites is 1. The third-order valence-electron chi connectivity index (χ3n) is 3.66. The van der Waals surface area contributed by atoms with Gasteiger partial charge in [-0.2, -0.15) is 0 Å². The summed E-state index contributed by atoms with van der Waals surface area (Å²) in [7, 11) is 0. The molecular formula is C20H21FN2O4S. The van der Waals surface area contributed by atoms with Gasteiger partial charge in [0, 0.05) is 10.6 Å². The Bertz CT molecular complexity index is 844. The molecule has 0 atom stereocenters. The van der Waals surface area contributed by atoms with Crippen LogP contribution in [-0.4, -0.2) is 36.7 Å². The number of benzene rings is 2. The molecule has 0 saturated heterocycles. The van der Waals surface area contributed by atoms with Gasteiger partial charge in [0.15, 0.2) is 6.61 Å². The summed E-state index contributed by atoms with van der Waals surface area (Å²) in [6.07, 6.45) is 0.768. The highest BCUT2D eigenvalue weighted by molar-refractivity contribution is 8.00. The lowest BCUT2D eigenvalue weighted by Gasteiger charge is -2.10. The first-order valence-corrected chi connectivity index (χ1v) is 9.65. The molecule has 6 nitrogen and oxygen atoms in total. The molecule has 2 amide bonds. The van der Waals surface area contributed by atoms with Crippen molar-refractivity contribution in [1.82, 2.24) is 5.32 Å². The van der Waals surface area contributed by atoms with Crippen LogP contribution in [0, 0.1) is 5.82 Å². The molecule has 0 unspecified atom stereocenters. The number of hydrogen-bond donors (Lipinski definition) is 2. The number of anilines is 1. The van der Waals surface area contributed by atoms with Crippen molar-refractivity contribution in [2.45, 2.75) is 18.2 Å². The minimum atomic E-state index is -0.648. The second kappa shape index (κ2) is 11.1. The number of carbonyl (C=O) groups excluding carboxylic acids is 3. The van der Waals surface area contributed by atoms with E-state index in [9.17, 15) is 18.8 Å². The van der Waals surface area contributed by atoms with Crippen molar-refractivity contribution in [3.63, 3.8) is 0 Å². The lowest BCUT2D eigenvalue weighted by atomic mass is 10.1. The molecule has 0 aliphatic rings. The Hall–Kier alpha value is -2.87. The van der Waals surface area contributed by atoms with Gasteiger partial charge in [0.05, 0.1) is 12.3 Å². The van der Waals surface area contributed by atoms with Crippen molar-refractivity contribution in [1.29, 1.82) is 0 Å². The Morgan fingerprint density at radius 2 is 1.75 bits per heavy atom. The topological polar surface area (TPSA) is 84.5 Å². The van der Waals surface area contributed by atoms with Gasteiger partial charge in [-0.15, -0.1) is 11.8 Å². The maximum atomic E-state index is 13.5. The molecule has 0 aliphatic carbocycles. The standard InChI is InChI=1S/C20H21FN2O4S/c1-2-14-7-3-5-9-16(14)23-18(24)11-22-19(25)12-27-20(26)13-28-17-10-6-4-8-15(17)21/h3-10H,2,11-13H2,1H3,(H,22,25)(H,23,24). The normalized spacial score (nSPS) is 10.2. The van der Waals surface area contributed by atoms with Gasteiger partial charge >= 0.3 is 5.97 Å². The van der Waals surface area contributed by atoms with Crippen molar-refractivity contribution < 1.29 is 23.5 Å². The maximum absolute atomic E-state index is 13.5. The van der Waals surface area contributed by atoms with Crippen LogP contribution in [0.15, 0.2) is 53.4 Å². The Morgan fingerprint density at radius 1 is 1.04 bits per heavy atom. The van der Waals surface area contributed by atoms with Crippen LogP contribution in [-0.2, 0) is 25.5 Å². The van der Waals surface area contributed by atoms with Gasteiger partial charge in [0.25, 0.3) is 5.91 Å². The molecule has 0 bridgehead atoms. The number of esters is 1. The molecule has 0 aromatic heterocycles. The van der Waals surface area contributed by atoms with Crippen LogP contribution in [0.1, 0.15) is 12.5 Å². The lowest BCUT2D eigenvalue weighted by Crippen LogP contribution is -2.35. The summed E-state index contributed by atoms with van der Waals surface area (Å²) in [5.41, 5.74) is 1.68. The molecular weight excluding hydrogens is 383 g/mol. The summed E-state index contributed by atoms with van der Waals surface area (Å²) >= 11 is 0.984. The van der Waals surface area contributed by atoms with Gasteiger partial charge in [-0.05, 0) is 30.2 Å². The molecule has 2 aromatic carbocycles. The van der Waals surface area contributed by atoms with Gasteiger partial charge in [0.2, 0.25) is 5.91 Å². The predicted octanol–water partition coefficient (Wildman–Crippen LogP) is 2.78. The van der Waals surface area contributed by atoms with Crippen molar-refractivity contribution in [2.24, 2.45) is 0 Å². The van der Waals surface area contributed by atoms with E-state index >= 15 is 0 Å². The number of halogens is 1. The molecule has 2 rings (SSSR count). The Labute approximate surface area is 166 Å². The minimum Gasteiger partial charge on any atom is -0.455 e. The van der Waals surface area contributed by atoms with E-state index in [1.54, 1.807) is 24.3 Å². The Morgan fingerprint density at radius 3 is 2.50 bits per heavy atom. The number of hydrogen-bond acceptors (Lipinski definition) is 5. The van der Waals surface area contributed by atoms with Crippen molar-refractivity contribution in [3.05, 3.63) is 59.9 Å². The number of aryl methyl sites for hydroxylation is 1. The third-order valence-corrected chi connectivity index (χ3v) is 4.69. The molecule has 0 aliphatic heterocycles. The first-order valence-electron chi connectivity index (χ1n) is 8.67. The van der Waals surface area contributed by atoms with E-state index in [2.05, 4.69) is 10.6 Å². The Kier molecular flexibility index (Phi) is 8.48. The first-order chi connectivity index (χ1) is 13.5. The summed E-state index contributed by atoms with van der Waals surface area (Å²) in [4.78, 5) is 35.6. The average Bonchev–Trinajstić information content (AvgIpc) is 2.70. The fourth-order valence-electron chi connectivity index (χ4n) is 2.26. The zero-order chi connectivity index (χ0) is 20.4. The van der Waals surface area contributed by atoms with E-state index in [0.717, 1.165) is 23.7 Å². The smallest absolute Gasteiger partial charge is 0.316 e. The number of carbonyl (C=O) groups is 3. The Balaban J connectivity index is 1.67. The number of rotatable bonds is 9. The van der Waals surface area contributed by atoms with Crippen LogP contribution < -0.4 is 10.6 Å². The summed E-state index contributed by atoms with van der Waals surface area (Å²) < 4.78 is 18.3.